The molecule has 1 aromatic rings. The minimum Gasteiger partial charge on any atom is -1.00 e. The summed E-state index contributed by atoms with van der Waals surface area (Å²) in [5.74, 6) is 0. The van der Waals surface area contributed by atoms with E-state index in [2.05, 4.69) is 4.57 Å². The number of pyridine rings is 1. The van der Waals surface area contributed by atoms with Crippen molar-refractivity contribution in [2.75, 3.05) is 0 Å². The molecule has 3 heteroatoms. The van der Waals surface area contributed by atoms with E-state index in [9.17, 15) is 5.11 Å². The Bertz CT molecular complexity index is 252. The predicted octanol–water partition coefficient (Wildman–Crippen LogP) is -2.58. The molecule has 2 nitrogen and oxygen atoms in total. The van der Waals surface area contributed by atoms with Gasteiger partial charge in [0.25, 0.3) is 0 Å². The number of aliphatic hydroxyl groups is 1. The normalized spacial score (nSPS) is 20.6. The number of hydrogen-bond acceptors (Lipinski definition) is 1. The third-order valence-electron chi connectivity index (χ3n) is 1.96. The lowest BCUT2D eigenvalue weighted by molar-refractivity contribution is -0.691. The number of halogens is 1. The molecule has 1 atom stereocenters. The van der Waals surface area contributed by atoms with Gasteiger partial charge in [-0.3, -0.25) is 0 Å². The van der Waals surface area contributed by atoms with Crippen molar-refractivity contribution < 1.29 is 22.1 Å². The number of aromatic nitrogens is 1. The van der Waals surface area contributed by atoms with Crippen LogP contribution in [-0.2, 0) is 6.54 Å². The van der Waals surface area contributed by atoms with Gasteiger partial charge >= 0.3 is 0 Å². The van der Waals surface area contributed by atoms with E-state index >= 15 is 0 Å². The van der Waals surface area contributed by atoms with Crippen LogP contribution < -0.4 is 17.0 Å². The van der Waals surface area contributed by atoms with Gasteiger partial charge in [0.15, 0.2) is 12.7 Å². The highest BCUT2D eigenvalue weighted by molar-refractivity contribution is 5.01. The van der Waals surface area contributed by atoms with Gasteiger partial charge < -0.3 is 17.5 Å². The van der Waals surface area contributed by atoms with E-state index in [1.807, 2.05) is 24.4 Å². The summed E-state index contributed by atoms with van der Waals surface area (Å²) in [6.07, 6.45) is 2.64. The number of fused-ring (bicyclic) bond motifs is 1. The van der Waals surface area contributed by atoms with Gasteiger partial charge in [-0.1, -0.05) is 6.07 Å². The van der Waals surface area contributed by atoms with Crippen LogP contribution in [-0.4, -0.2) is 5.11 Å². The van der Waals surface area contributed by atoms with Crippen molar-refractivity contribution in [2.45, 2.75) is 19.1 Å². The molecular weight excluding hydrogens is 162 g/mol. The maximum absolute atomic E-state index is 9.36. The summed E-state index contributed by atoms with van der Waals surface area (Å²) in [6, 6.07) is 5.92. The van der Waals surface area contributed by atoms with Gasteiger partial charge in [0.1, 0.15) is 6.10 Å². The molecule has 1 aliphatic rings. The lowest BCUT2D eigenvalue weighted by Crippen LogP contribution is -3.00. The zero-order valence-electron chi connectivity index (χ0n) is 6.07. The molecule has 0 bridgehead atoms. The quantitative estimate of drug-likeness (QED) is 0.426. The second-order valence-electron chi connectivity index (χ2n) is 2.62. The van der Waals surface area contributed by atoms with E-state index in [4.69, 9.17) is 0 Å². The average molecular weight is 172 g/mol. The Balaban J connectivity index is 0.000000605. The topological polar surface area (TPSA) is 24.1 Å². The standard InChI is InChI=1S/C8H10NO.ClH/c10-8-4-6-9-5-2-1-3-7(8)9;/h1-3,5,8,10H,4,6H2;1H/q+1;/p-1. The maximum atomic E-state index is 9.36. The van der Waals surface area contributed by atoms with Gasteiger partial charge in [0.2, 0.25) is 5.69 Å². The lowest BCUT2D eigenvalue weighted by Gasteiger charge is -1.92. The zero-order chi connectivity index (χ0) is 6.97. The molecule has 11 heavy (non-hydrogen) atoms. The minimum absolute atomic E-state index is 0. The highest BCUT2D eigenvalue weighted by Crippen LogP contribution is 2.17. The van der Waals surface area contributed by atoms with E-state index < -0.39 is 0 Å². The van der Waals surface area contributed by atoms with E-state index in [0.717, 1.165) is 18.7 Å². The molecule has 0 radical (unpaired) electrons. The van der Waals surface area contributed by atoms with Crippen molar-refractivity contribution in [3.05, 3.63) is 30.1 Å². The Hall–Kier alpha value is -0.600. The number of aliphatic hydroxyl groups excluding tert-OH is 1. The molecule has 1 aliphatic heterocycles. The van der Waals surface area contributed by atoms with E-state index in [-0.39, 0.29) is 18.5 Å². The smallest absolute Gasteiger partial charge is 0.210 e. The van der Waals surface area contributed by atoms with Gasteiger partial charge in [-0.05, 0) is 0 Å². The Morgan fingerprint density at radius 1 is 1.45 bits per heavy atom. The monoisotopic (exact) mass is 171 g/mol. The molecule has 0 spiro atoms. The van der Waals surface area contributed by atoms with Crippen molar-refractivity contribution >= 4 is 0 Å². The summed E-state index contributed by atoms with van der Waals surface area (Å²) in [4.78, 5) is 0. The van der Waals surface area contributed by atoms with Crippen LogP contribution in [0.15, 0.2) is 24.4 Å². The fourth-order valence-electron chi connectivity index (χ4n) is 1.40. The molecule has 60 valence electrons. The molecule has 2 heterocycles. The number of nitrogens with zero attached hydrogens (tertiary/aromatic N) is 1. The van der Waals surface area contributed by atoms with Crippen LogP contribution in [0, 0.1) is 0 Å². The van der Waals surface area contributed by atoms with Crippen LogP contribution in [0.1, 0.15) is 18.2 Å². The van der Waals surface area contributed by atoms with Crippen LogP contribution in [0.5, 0.6) is 0 Å². The zero-order valence-corrected chi connectivity index (χ0v) is 6.83. The van der Waals surface area contributed by atoms with Crippen molar-refractivity contribution in [3.8, 4) is 0 Å². The second kappa shape index (κ2) is 3.20. The fraction of sp³-hybridized carbons (Fsp3) is 0.375. The second-order valence-corrected chi connectivity index (χ2v) is 2.62. The van der Waals surface area contributed by atoms with Crippen LogP contribution >= 0.6 is 0 Å². The molecule has 0 saturated carbocycles. The van der Waals surface area contributed by atoms with Gasteiger partial charge in [0, 0.05) is 18.6 Å². The van der Waals surface area contributed by atoms with Crippen molar-refractivity contribution in [1.29, 1.82) is 0 Å². The van der Waals surface area contributed by atoms with Crippen LogP contribution in [0.25, 0.3) is 0 Å². The fourth-order valence-corrected chi connectivity index (χ4v) is 1.40. The summed E-state index contributed by atoms with van der Waals surface area (Å²) < 4.78 is 2.09. The predicted molar refractivity (Wildman–Crippen MR) is 36.2 cm³/mol. The summed E-state index contributed by atoms with van der Waals surface area (Å²) in [7, 11) is 0. The highest BCUT2D eigenvalue weighted by Gasteiger charge is 2.26. The average Bonchev–Trinajstić information content (AvgIpc) is 2.34. The van der Waals surface area contributed by atoms with E-state index in [1.165, 1.54) is 0 Å². The van der Waals surface area contributed by atoms with Gasteiger partial charge in [-0.2, -0.15) is 0 Å². The third-order valence-corrected chi connectivity index (χ3v) is 1.96. The van der Waals surface area contributed by atoms with Gasteiger partial charge in [0.05, 0.1) is 0 Å². The van der Waals surface area contributed by atoms with Gasteiger partial charge in [-0.25, -0.2) is 4.57 Å². The first kappa shape index (κ1) is 8.50. The molecule has 1 N–H and O–H groups in total. The molecule has 2 rings (SSSR count). The minimum atomic E-state index is -0.235. The van der Waals surface area contributed by atoms with E-state index in [1.54, 1.807) is 0 Å². The number of aryl methyl sites for hydroxylation is 1. The van der Waals surface area contributed by atoms with Crippen molar-refractivity contribution in [1.82, 2.24) is 0 Å². The molecule has 0 aromatic carbocycles. The van der Waals surface area contributed by atoms with Crippen LogP contribution in [0.3, 0.4) is 0 Å². The molecule has 1 unspecified atom stereocenters. The molecule has 0 aliphatic carbocycles. The Kier molecular flexibility index (Phi) is 2.47. The number of hydrogen-bond donors (Lipinski definition) is 1. The molecule has 0 amide bonds. The van der Waals surface area contributed by atoms with E-state index in [0.29, 0.717) is 0 Å². The summed E-state index contributed by atoms with van der Waals surface area (Å²) in [5.41, 5.74) is 1.04. The third kappa shape index (κ3) is 1.37. The summed E-state index contributed by atoms with van der Waals surface area (Å²) in [5, 5.41) is 9.36. The van der Waals surface area contributed by atoms with Crippen LogP contribution in [0.2, 0.25) is 0 Å². The Morgan fingerprint density at radius 2 is 2.27 bits per heavy atom. The Labute approximate surface area is 71.9 Å². The largest absolute Gasteiger partial charge is 1.00 e. The molecular formula is C8H10ClNO. The lowest BCUT2D eigenvalue weighted by atomic mass is 10.2. The van der Waals surface area contributed by atoms with Crippen molar-refractivity contribution in [3.63, 3.8) is 0 Å². The molecule has 1 aromatic heterocycles. The molecule has 0 saturated heterocycles. The van der Waals surface area contributed by atoms with Gasteiger partial charge in [-0.15, -0.1) is 0 Å². The van der Waals surface area contributed by atoms with Crippen LogP contribution in [0.4, 0.5) is 0 Å². The maximum Gasteiger partial charge on any atom is 0.210 e. The SMILES string of the molecule is OC1CC[n+]2ccccc21.[Cl-]. The summed E-state index contributed by atoms with van der Waals surface area (Å²) >= 11 is 0. The highest BCUT2D eigenvalue weighted by atomic mass is 35.5. The first-order valence-electron chi connectivity index (χ1n) is 3.54. The molecule has 0 fully saturated rings. The first-order chi connectivity index (χ1) is 4.88. The summed E-state index contributed by atoms with van der Waals surface area (Å²) in [6.45, 7) is 0.956. The number of rotatable bonds is 0. The first-order valence-corrected chi connectivity index (χ1v) is 3.54. The van der Waals surface area contributed by atoms with Crippen molar-refractivity contribution in [2.24, 2.45) is 0 Å². The Morgan fingerprint density at radius 3 is 3.00 bits per heavy atom.